The lowest BCUT2D eigenvalue weighted by molar-refractivity contribution is -0.139. The summed E-state index contributed by atoms with van der Waals surface area (Å²) in [6.07, 6.45) is 0. The lowest BCUT2D eigenvalue weighted by Crippen LogP contribution is -2.38. The molecule has 1 aliphatic heterocycles. The van der Waals surface area contributed by atoms with Crippen LogP contribution in [0, 0.1) is 12.3 Å². The van der Waals surface area contributed by atoms with Crippen molar-refractivity contribution in [3.8, 4) is 0 Å². The molecule has 20 heavy (non-hydrogen) atoms. The Hall–Kier alpha value is -1.44. The zero-order valence-electron chi connectivity index (χ0n) is 11.7. The molecule has 0 radical (unpaired) electrons. The van der Waals surface area contributed by atoms with Gasteiger partial charge in [-0.2, -0.15) is 8.42 Å². The molecule has 1 saturated heterocycles. The van der Waals surface area contributed by atoms with Gasteiger partial charge in [-0.3, -0.25) is 9.35 Å². The minimum Gasteiger partial charge on any atom is -0.464 e. The molecule has 0 aliphatic carbocycles. The van der Waals surface area contributed by atoms with E-state index in [1.807, 2.05) is 20.8 Å². The highest BCUT2D eigenvalue weighted by atomic mass is 32.2. The first kappa shape index (κ1) is 16.6. The fourth-order valence-corrected chi connectivity index (χ4v) is 1.95. The molecule has 1 fully saturated rings. The summed E-state index contributed by atoms with van der Waals surface area (Å²) in [5.74, 6) is -0.278. The SMILES string of the molecule is CC1(C)COC(=O)[C@H]1N.Cc1ccc(S(=O)(=O)O)cc1. The zero-order chi connectivity index (χ0) is 15.6. The molecule has 7 heteroatoms. The van der Waals surface area contributed by atoms with E-state index in [1.54, 1.807) is 12.1 Å². The largest absolute Gasteiger partial charge is 0.464 e. The van der Waals surface area contributed by atoms with Crippen LogP contribution in [0.5, 0.6) is 0 Å². The number of nitrogens with two attached hydrogens (primary N) is 1. The summed E-state index contributed by atoms with van der Waals surface area (Å²) < 4.78 is 34.3. The van der Waals surface area contributed by atoms with Crippen molar-refractivity contribution in [2.45, 2.75) is 31.7 Å². The van der Waals surface area contributed by atoms with Crippen molar-refractivity contribution < 1.29 is 22.5 Å². The molecule has 0 saturated carbocycles. The number of aryl methyl sites for hydroxylation is 1. The van der Waals surface area contributed by atoms with E-state index < -0.39 is 16.2 Å². The van der Waals surface area contributed by atoms with Gasteiger partial charge in [0.05, 0.1) is 11.5 Å². The highest BCUT2D eigenvalue weighted by Gasteiger charge is 2.40. The number of carbonyl (C=O) groups excluding carboxylic acids is 1. The molecule has 0 bridgehead atoms. The van der Waals surface area contributed by atoms with Crippen molar-refractivity contribution in [2.75, 3.05) is 6.61 Å². The number of hydrogen-bond acceptors (Lipinski definition) is 5. The maximum absolute atomic E-state index is 10.6. The predicted molar refractivity (Wildman–Crippen MR) is 73.7 cm³/mol. The van der Waals surface area contributed by atoms with Gasteiger partial charge in [0.2, 0.25) is 0 Å². The van der Waals surface area contributed by atoms with Crippen LogP contribution >= 0.6 is 0 Å². The molecular weight excluding hydrogens is 282 g/mol. The molecule has 1 aromatic carbocycles. The number of ether oxygens (including phenoxy) is 1. The number of esters is 1. The van der Waals surface area contributed by atoms with Gasteiger partial charge in [-0.05, 0) is 19.1 Å². The van der Waals surface area contributed by atoms with Crippen LogP contribution in [0.3, 0.4) is 0 Å². The molecule has 1 aliphatic rings. The molecule has 1 aromatic rings. The van der Waals surface area contributed by atoms with E-state index in [-0.39, 0.29) is 16.3 Å². The Morgan fingerprint density at radius 1 is 1.30 bits per heavy atom. The maximum Gasteiger partial charge on any atom is 0.323 e. The van der Waals surface area contributed by atoms with Crippen molar-refractivity contribution in [2.24, 2.45) is 11.1 Å². The van der Waals surface area contributed by atoms with E-state index in [1.165, 1.54) is 12.1 Å². The highest BCUT2D eigenvalue weighted by molar-refractivity contribution is 7.85. The Labute approximate surface area is 118 Å². The molecule has 6 nitrogen and oxygen atoms in total. The van der Waals surface area contributed by atoms with Gasteiger partial charge >= 0.3 is 5.97 Å². The Balaban J connectivity index is 0.000000204. The molecule has 1 atom stereocenters. The Bertz CT molecular complexity index is 577. The summed E-state index contributed by atoms with van der Waals surface area (Å²) in [7, 11) is -4.02. The van der Waals surface area contributed by atoms with E-state index >= 15 is 0 Å². The standard InChI is InChI=1S/C7H8O3S.C6H11NO2/c1-6-2-4-7(5-3-6)11(8,9)10;1-6(2)3-9-5(8)4(6)7/h2-5H,1H3,(H,8,9,10);4H,3,7H2,1-2H3/t;4-/m.1/s1. The first-order valence-electron chi connectivity index (χ1n) is 6.00. The summed E-state index contributed by atoms with van der Waals surface area (Å²) in [4.78, 5) is 10.6. The van der Waals surface area contributed by atoms with Crippen molar-refractivity contribution in [1.82, 2.24) is 0 Å². The molecule has 0 unspecified atom stereocenters. The average molecular weight is 301 g/mol. The Kier molecular flexibility index (Phi) is 4.90. The topological polar surface area (TPSA) is 107 Å². The van der Waals surface area contributed by atoms with Gasteiger partial charge in [-0.15, -0.1) is 0 Å². The second-order valence-electron chi connectivity index (χ2n) is 5.36. The Morgan fingerprint density at radius 2 is 1.80 bits per heavy atom. The average Bonchev–Trinajstić information content (AvgIpc) is 2.56. The number of carbonyl (C=O) groups is 1. The van der Waals surface area contributed by atoms with E-state index in [4.69, 9.17) is 15.0 Å². The van der Waals surface area contributed by atoms with Crippen LogP contribution in [0.4, 0.5) is 0 Å². The van der Waals surface area contributed by atoms with Crippen molar-refractivity contribution in [3.05, 3.63) is 29.8 Å². The molecule has 0 spiro atoms. The number of cyclic esters (lactones) is 1. The maximum atomic E-state index is 10.6. The monoisotopic (exact) mass is 301 g/mol. The first-order chi connectivity index (χ1) is 9.04. The van der Waals surface area contributed by atoms with Gasteiger partial charge in [-0.25, -0.2) is 0 Å². The van der Waals surface area contributed by atoms with E-state index in [9.17, 15) is 13.2 Å². The molecule has 0 amide bonds. The van der Waals surface area contributed by atoms with Gasteiger partial charge in [0.1, 0.15) is 6.04 Å². The smallest absolute Gasteiger partial charge is 0.323 e. The third kappa shape index (κ3) is 4.29. The fraction of sp³-hybridized carbons (Fsp3) is 0.462. The van der Waals surface area contributed by atoms with Crippen LogP contribution in [0.25, 0.3) is 0 Å². The lowest BCUT2D eigenvalue weighted by Gasteiger charge is -2.16. The van der Waals surface area contributed by atoms with Crippen LogP contribution in [0.1, 0.15) is 19.4 Å². The quantitative estimate of drug-likeness (QED) is 0.595. The fourth-order valence-electron chi connectivity index (χ4n) is 1.47. The van der Waals surface area contributed by atoms with Crippen molar-refractivity contribution >= 4 is 16.1 Å². The summed E-state index contributed by atoms with van der Waals surface area (Å²) >= 11 is 0. The summed E-state index contributed by atoms with van der Waals surface area (Å²) in [6, 6.07) is 5.55. The van der Waals surface area contributed by atoms with E-state index in [0.717, 1.165) is 5.56 Å². The summed E-state index contributed by atoms with van der Waals surface area (Å²) in [6.45, 7) is 6.13. The predicted octanol–water partition coefficient (Wildman–Crippen LogP) is 1.14. The molecule has 3 N–H and O–H groups in total. The molecule has 0 aromatic heterocycles. The van der Waals surface area contributed by atoms with Crippen LogP contribution in [-0.2, 0) is 19.6 Å². The van der Waals surface area contributed by atoms with Gasteiger partial charge in [0, 0.05) is 5.41 Å². The van der Waals surface area contributed by atoms with Gasteiger partial charge in [-0.1, -0.05) is 31.5 Å². The third-order valence-electron chi connectivity index (χ3n) is 3.00. The number of rotatable bonds is 1. The summed E-state index contributed by atoms with van der Waals surface area (Å²) in [5.41, 5.74) is 6.27. The summed E-state index contributed by atoms with van der Waals surface area (Å²) in [5, 5.41) is 0. The van der Waals surface area contributed by atoms with Crippen LogP contribution in [0.2, 0.25) is 0 Å². The van der Waals surface area contributed by atoms with Gasteiger partial charge < -0.3 is 10.5 Å². The minimum absolute atomic E-state index is 0.0666. The van der Waals surface area contributed by atoms with E-state index in [0.29, 0.717) is 6.61 Å². The van der Waals surface area contributed by atoms with Crippen LogP contribution < -0.4 is 5.73 Å². The zero-order valence-corrected chi connectivity index (χ0v) is 12.5. The third-order valence-corrected chi connectivity index (χ3v) is 3.87. The lowest BCUT2D eigenvalue weighted by atomic mass is 9.88. The first-order valence-corrected chi connectivity index (χ1v) is 7.44. The number of benzene rings is 1. The van der Waals surface area contributed by atoms with Crippen LogP contribution in [0.15, 0.2) is 29.2 Å². The Morgan fingerprint density at radius 3 is 2.05 bits per heavy atom. The molecular formula is C13H19NO5S. The van der Waals surface area contributed by atoms with Crippen molar-refractivity contribution in [3.63, 3.8) is 0 Å². The molecule has 1 heterocycles. The van der Waals surface area contributed by atoms with Crippen molar-refractivity contribution in [1.29, 1.82) is 0 Å². The molecule has 2 rings (SSSR count). The highest BCUT2D eigenvalue weighted by Crippen LogP contribution is 2.26. The normalized spacial score (nSPS) is 20.9. The second kappa shape index (κ2) is 5.90. The van der Waals surface area contributed by atoms with Gasteiger partial charge in [0.25, 0.3) is 10.1 Å². The molecule has 112 valence electrons. The van der Waals surface area contributed by atoms with E-state index in [2.05, 4.69) is 0 Å². The second-order valence-corrected chi connectivity index (χ2v) is 6.78. The minimum atomic E-state index is -4.02. The van der Waals surface area contributed by atoms with Gasteiger partial charge in [0.15, 0.2) is 0 Å². The number of hydrogen-bond donors (Lipinski definition) is 2. The van der Waals surface area contributed by atoms with Crippen LogP contribution in [-0.4, -0.2) is 31.6 Å².